The SMILES string of the molecule is O=C(Nc1nnc(SCc2ccccc2F)s1)C1CC(=O)N(c2ccccc2)C1. The predicted molar refractivity (Wildman–Crippen MR) is 111 cm³/mol. The van der Waals surface area contributed by atoms with E-state index in [9.17, 15) is 14.0 Å². The molecule has 1 N–H and O–H groups in total. The topological polar surface area (TPSA) is 75.2 Å². The van der Waals surface area contributed by atoms with Gasteiger partial charge in [-0.3, -0.25) is 9.59 Å². The molecule has 1 aromatic heterocycles. The second-order valence-electron chi connectivity index (χ2n) is 6.48. The molecule has 1 aliphatic heterocycles. The maximum atomic E-state index is 13.7. The molecule has 0 bridgehead atoms. The van der Waals surface area contributed by atoms with Crippen LogP contribution in [0.5, 0.6) is 0 Å². The molecule has 0 spiro atoms. The molecule has 1 fully saturated rings. The van der Waals surface area contributed by atoms with E-state index in [1.54, 1.807) is 23.1 Å². The fraction of sp³-hybridized carbons (Fsp3) is 0.200. The van der Waals surface area contributed by atoms with Gasteiger partial charge in [-0.2, -0.15) is 0 Å². The van der Waals surface area contributed by atoms with Crippen LogP contribution < -0.4 is 10.2 Å². The number of hydrogen-bond donors (Lipinski definition) is 1. The van der Waals surface area contributed by atoms with Crippen molar-refractivity contribution in [2.45, 2.75) is 16.5 Å². The zero-order valence-corrected chi connectivity index (χ0v) is 16.9. The second-order valence-corrected chi connectivity index (χ2v) is 8.68. The van der Waals surface area contributed by atoms with Crippen molar-refractivity contribution in [3.8, 4) is 0 Å². The van der Waals surface area contributed by atoms with E-state index in [1.807, 2.05) is 30.3 Å². The number of nitrogens with zero attached hydrogens (tertiary/aromatic N) is 3. The Hall–Kier alpha value is -2.78. The molecule has 4 rings (SSSR count). The van der Waals surface area contributed by atoms with E-state index < -0.39 is 5.92 Å². The molecule has 0 saturated carbocycles. The predicted octanol–water partition coefficient (Wildman–Crippen LogP) is 3.96. The molecule has 2 heterocycles. The Morgan fingerprint density at radius 1 is 1.17 bits per heavy atom. The lowest BCUT2D eigenvalue weighted by atomic mass is 10.1. The number of anilines is 2. The van der Waals surface area contributed by atoms with Crippen molar-refractivity contribution in [1.29, 1.82) is 0 Å². The molecular weight excluding hydrogens is 411 g/mol. The zero-order chi connectivity index (χ0) is 20.2. The Labute approximate surface area is 175 Å². The molecule has 9 heteroatoms. The van der Waals surface area contributed by atoms with Crippen LogP contribution in [-0.4, -0.2) is 28.6 Å². The summed E-state index contributed by atoms with van der Waals surface area (Å²) in [5.74, 6) is -0.598. The van der Waals surface area contributed by atoms with Gasteiger partial charge in [-0.1, -0.05) is 59.5 Å². The normalized spacial score (nSPS) is 16.2. The van der Waals surface area contributed by atoms with Crippen LogP contribution in [0.25, 0.3) is 0 Å². The van der Waals surface area contributed by atoms with Crippen LogP contribution in [-0.2, 0) is 15.3 Å². The number of thioether (sulfide) groups is 1. The van der Waals surface area contributed by atoms with Gasteiger partial charge in [0.25, 0.3) is 0 Å². The first-order valence-electron chi connectivity index (χ1n) is 8.96. The summed E-state index contributed by atoms with van der Waals surface area (Å²) in [4.78, 5) is 26.5. The van der Waals surface area contributed by atoms with Gasteiger partial charge < -0.3 is 10.2 Å². The molecule has 6 nitrogen and oxygen atoms in total. The molecule has 2 aromatic carbocycles. The summed E-state index contributed by atoms with van der Waals surface area (Å²) < 4.78 is 14.3. The maximum Gasteiger partial charge on any atom is 0.231 e. The van der Waals surface area contributed by atoms with Crippen molar-refractivity contribution in [2.75, 3.05) is 16.8 Å². The Kier molecular flexibility index (Phi) is 5.86. The minimum Gasteiger partial charge on any atom is -0.312 e. The van der Waals surface area contributed by atoms with Crippen LogP contribution in [0, 0.1) is 11.7 Å². The van der Waals surface area contributed by atoms with Crippen LogP contribution in [0.4, 0.5) is 15.2 Å². The summed E-state index contributed by atoms with van der Waals surface area (Å²) in [6.07, 6.45) is 0.161. The van der Waals surface area contributed by atoms with Gasteiger partial charge in [0.2, 0.25) is 16.9 Å². The Balaban J connectivity index is 1.34. The average Bonchev–Trinajstić information content (AvgIpc) is 3.34. The molecule has 3 aromatic rings. The highest BCUT2D eigenvalue weighted by Crippen LogP contribution is 2.30. The quantitative estimate of drug-likeness (QED) is 0.475. The first-order chi connectivity index (χ1) is 14.1. The Morgan fingerprint density at radius 2 is 1.93 bits per heavy atom. The molecule has 29 heavy (non-hydrogen) atoms. The van der Waals surface area contributed by atoms with Crippen molar-refractivity contribution in [3.63, 3.8) is 0 Å². The van der Waals surface area contributed by atoms with Crippen molar-refractivity contribution in [3.05, 3.63) is 66.0 Å². The van der Waals surface area contributed by atoms with Gasteiger partial charge in [0.1, 0.15) is 5.82 Å². The van der Waals surface area contributed by atoms with Crippen molar-refractivity contribution in [1.82, 2.24) is 10.2 Å². The number of hydrogen-bond acceptors (Lipinski definition) is 6. The number of nitrogens with one attached hydrogen (secondary N) is 1. The van der Waals surface area contributed by atoms with E-state index in [0.717, 1.165) is 5.69 Å². The molecule has 1 unspecified atom stereocenters. The number of carbonyl (C=O) groups excluding carboxylic acids is 2. The highest BCUT2D eigenvalue weighted by Gasteiger charge is 2.35. The van der Waals surface area contributed by atoms with Gasteiger partial charge in [-0.15, -0.1) is 10.2 Å². The molecule has 148 valence electrons. The monoisotopic (exact) mass is 428 g/mol. The third-order valence-corrected chi connectivity index (χ3v) is 6.53. The molecule has 1 saturated heterocycles. The summed E-state index contributed by atoms with van der Waals surface area (Å²) in [6, 6.07) is 15.9. The first-order valence-corrected chi connectivity index (χ1v) is 10.8. The molecule has 2 amide bonds. The van der Waals surface area contributed by atoms with Crippen molar-refractivity contribution < 1.29 is 14.0 Å². The minimum absolute atomic E-state index is 0.0743. The van der Waals surface area contributed by atoms with E-state index in [1.165, 1.54) is 29.2 Å². The molecule has 0 radical (unpaired) electrons. The number of benzene rings is 2. The number of para-hydroxylation sites is 1. The molecule has 0 aliphatic carbocycles. The largest absolute Gasteiger partial charge is 0.312 e. The van der Waals surface area contributed by atoms with Crippen LogP contribution in [0.1, 0.15) is 12.0 Å². The number of aromatic nitrogens is 2. The third kappa shape index (κ3) is 4.63. The number of halogens is 1. The van der Waals surface area contributed by atoms with Crippen LogP contribution >= 0.6 is 23.1 Å². The minimum atomic E-state index is -0.443. The Morgan fingerprint density at radius 3 is 2.72 bits per heavy atom. The lowest BCUT2D eigenvalue weighted by molar-refractivity contribution is -0.122. The van der Waals surface area contributed by atoms with Gasteiger partial charge >= 0.3 is 0 Å². The molecule has 1 aliphatic rings. The van der Waals surface area contributed by atoms with Gasteiger partial charge in [0, 0.05) is 24.4 Å². The number of amides is 2. The smallest absolute Gasteiger partial charge is 0.231 e. The summed E-state index contributed by atoms with van der Waals surface area (Å²) in [5, 5.41) is 11.1. The lowest BCUT2D eigenvalue weighted by Crippen LogP contribution is -2.28. The Bertz CT molecular complexity index is 1030. The maximum absolute atomic E-state index is 13.7. The van der Waals surface area contributed by atoms with E-state index in [2.05, 4.69) is 15.5 Å². The molecular formula is C20H17FN4O2S2. The van der Waals surface area contributed by atoms with Gasteiger partial charge in [0.05, 0.1) is 5.92 Å². The lowest BCUT2D eigenvalue weighted by Gasteiger charge is -2.16. The van der Waals surface area contributed by atoms with Crippen LogP contribution in [0.15, 0.2) is 58.9 Å². The fourth-order valence-electron chi connectivity index (χ4n) is 3.02. The highest BCUT2D eigenvalue weighted by molar-refractivity contribution is 8.00. The number of rotatable bonds is 6. The highest BCUT2D eigenvalue weighted by atomic mass is 32.2. The first kappa shape index (κ1) is 19.5. The van der Waals surface area contributed by atoms with E-state index in [4.69, 9.17) is 0 Å². The zero-order valence-electron chi connectivity index (χ0n) is 15.2. The summed E-state index contributed by atoms with van der Waals surface area (Å²) in [5.41, 5.74) is 1.37. The summed E-state index contributed by atoms with van der Waals surface area (Å²) in [6.45, 7) is 0.336. The van der Waals surface area contributed by atoms with E-state index >= 15 is 0 Å². The van der Waals surface area contributed by atoms with Crippen molar-refractivity contribution >= 4 is 45.7 Å². The molecule has 1 atom stereocenters. The standard InChI is InChI=1S/C20H17FN4O2S2/c21-16-9-5-4-6-13(16)12-28-20-24-23-19(29-20)22-18(27)14-10-17(26)25(11-14)15-7-2-1-3-8-15/h1-9,14H,10-12H2,(H,22,23,27). The van der Waals surface area contributed by atoms with Gasteiger partial charge in [0.15, 0.2) is 4.34 Å². The number of carbonyl (C=O) groups is 2. The van der Waals surface area contributed by atoms with Crippen LogP contribution in [0.2, 0.25) is 0 Å². The second kappa shape index (κ2) is 8.71. The van der Waals surface area contributed by atoms with Gasteiger partial charge in [-0.25, -0.2) is 4.39 Å². The fourth-order valence-corrected chi connectivity index (χ4v) is 4.76. The average molecular weight is 429 g/mol. The van der Waals surface area contributed by atoms with Crippen molar-refractivity contribution in [2.24, 2.45) is 5.92 Å². The summed E-state index contributed by atoms with van der Waals surface area (Å²) in [7, 11) is 0. The van der Waals surface area contributed by atoms with E-state index in [-0.39, 0.29) is 24.1 Å². The summed E-state index contributed by atoms with van der Waals surface area (Å²) >= 11 is 2.59. The van der Waals surface area contributed by atoms with E-state index in [0.29, 0.717) is 27.3 Å². The van der Waals surface area contributed by atoms with Crippen LogP contribution in [0.3, 0.4) is 0 Å². The third-order valence-electron chi connectivity index (χ3n) is 4.51. The van der Waals surface area contributed by atoms with Gasteiger partial charge in [-0.05, 0) is 23.8 Å².